The lowest BCUT2D eigenvalue weighted by Gasteiger charge is -2.15. The zero-order valence-electron chi connectivity index (χ0n) is 16.3. The molecule has 2 unspecified atom stereocenters. The number of aryl methyl sites for hydroxylation is 1. The lowest BCUT2D eigenvalue weighted by molar-refractivity contribution is -0.137. The summed E-state index contributed by atoms with van der Waals surface area (Å²) in [6.45, 7) is 3.62. The van der Waals surface area contributed by atoms with Gasteiger partial charge in [0.05, 0.1) is 36.2 Å². The van der Waals surface area contributed by atoms with Crippen LogP contribution in [0, 0.1) is 6.92 Å². The van der Waals surface area contributed by atoms with Gasteiger partial charge in [-0.15, -0.1) is 5.10 Å². The molecule has 0 spiro atoms. The van der Waals surface area contributed by atoms with Gasteiger partial charge in [0.15, 0.2) is 0 Å². The smallest absolute Gasteiger partial charge is 0.390 e. The fraction of sp³-hybridized carbons (Fsp3) is 0.368. The zero-order chi connectivity index (χ0) is 21.9. The zero-order valence-corrected chi connectivity index (χ0v) is 16.3. The van der Waals surface area contributed by atoms with Crippen molar-refractivity contribution in [2.24, 2.45) is 0 Å². The van der Waals surface area contributed by atoms with Crippen LogP contribution in [0.3, 0.4) is 0 Å². The molecule has 8 nitrogen and oxygen atoms in total. The second-order valence-corrected chi connectivity index (χ2v) is 6.84. The van der Waals surface area contributed by atoms with E-state index < -0.39 is 23.9 Å². The van der Waals surface area contributed by atoms with Gasteiger partial charge >= 0.3 is 6.18 Å². The molecule has 3 aromatic heterocycles. The predicted octanol–water partition coefficient (Wildman–Crippen LogP) is 2.94. The van der Waals surface area contributed by atoms with E-state index in [9.17, 15) is 23.4 Å². The summed E-state index contributed by atoms with van der Waals surface area (Å²) in [6.07, 6.45) is -3.28. The molecule has 30 heavy (non-hydrogen) atoms. The third-order valence-corrected chi connectivity index (χ3v) is 4.35. The number of anilines is 2. The third kappa shape index (κ3) is 5.30. The molecule has 3 aromatic rings. The average Bonchev–Trinajstić information content (AvgIpc) is 3.15. The summed E-state index contributed by atoms with van der Waals surface area (Å²) >= 11 is 0. The molecule has 3 N–H and O–H groups in total. The fourth-order valence-corrected chi connectivity index (χ4v) is 2.76. The molecule has 0 saturated carbocycles. The number of pyridine rings is 2. The van der Waals surface area contributed by atoms with Gasteiger partial charge in [-0.05, 0) is 43.2 Å². The second kappa shape index (κ2) is 8.76. The van der Waals surface area contributed by atoms with Crippen LogP contribution in [0.5, 0.6) is 0 Å². The van der Waals surface area contributed by atoms with Gasteiger partial charge < -0.3 is 15.5 Å². The molecular weight excluding hydrogens is 401 g/mol. The molecule has 0 amide bonds. The topological polar surface area (TPSA) is 109 Å². The number of aromatic nitrogens is 5. The Morgan fingerprint density at radius 1 is 1.10 bits per heavy atom. The van der Waals surface area contributed by atoms with Crippen molar-refractivity contribution in [3.63, 3.8) is 0 Å². The van der Waals surface area contributed by atoms with E-state index in [-0.39, 0.29) is 12.4 Å². The van der Waals surface area contributed by atoms with Crippen molar-refractivity contribution in [2.45, 2.75) is 45.2 Å². The van der Waals surface area contributed by atoms with Crippen molar-refractivity contribution in [3.05, 3.63) is 47.8 Å². The summed E-state index contributed by atoms with van der Waals surface area (Å²) in [7, 11) is 0. The molecule has 0 aliphatic carbocycles. The minimum absolute atomic E-state index is 0.00852. The molecular formula is C19H21F3N6O2. The van der Waals surface area contributed by atoms with E-state index in [1.54, 1.807) is 25.3 Å². The van der Waals surface area contributed by atoms with E-state index in [4.69, 9.17) is 0 Å². The minimum atomic E-state index is -4.47. The van der Waals surface area contributed by atoms with Crippen LogP contribution in [0.2, 0.25) is 0 Å². The highest BCUT2D eigenvalue weighted by Gasteiger charge is 2.30. The first-order chi connectivity index (χ1) is 14.2. The van der Waals surface area contributed by atoms with Crippen LogP contribution in [-0.4, -0.2) is 47.4 Å². The van der Waals surface area contributed by atoms with Crippen LogP contribution in [0.1, 0.15) is 24.5 Å². The molecule has 3 heterocycles. The molecule has 0 aliphatic rings. The maximum absolute atomic E-state index is 12.9. The maximum Gasteiger partial charge on any atom is 0.416 e. The quantitative estimate of drug-likeness (QED) is 0.537. The number of alkyl halides is 3. The Balaban J connectivity index is 1.81. The number of nitrogens with one attached hydrogen (secondary N) is 1. The Hall–Kier alpha value is -3.05. The average molecular weight is 422 g/mol. The summed E-state index contributed by atoms with van der Waals surface area (Å²) in [6, 6.07) is 5.20. The Morgan fingerprint density at radius 2 is 1.87 bits per heavy atom. The van der Waals surface area contributed by atoms with Gasteiger partial charge in [-0.25, -0.2) is 14.6 Å². The first-order valence-electron chi connectivity index (χ1n) is 9.21. The van der Waals surface area contributed by atoms with Gasteiger partial charge in [0.1, 0.15) is 17.3 Å². The molecule has 0 fully saturated rings. The molecule has 0 bridgehead atoms. The van der Waals surface area contributed by atoms with Crippen LogP contribution < -0.4 is 5.32 Å². The van der Waals surface area contributed by atoms with Gasteiger partial charge in [-0.1, -0.05) is 12.1 Å². The van der Waals surface area contributed by atoms with Crippen molar-refractivity contribution in [1.82, 2.24) is 25.0 Å². The van der Waals surface area contributed by atoms with Crippen molar-refractivity contribution >= 4 is 11.6 Å². The summed E-state index contributed by atoms with van der Waals surface area (Å²) in [4.78, 5) is 8.28. The van der Waals surface area contributed by atoms with Crippen LogP contribution >= 0.6 is 0 Å². The number of rotatable bonds is 7. The number of aliphatic hydroxyl groups is 2. The molecule has 3 rings (SSSR count). The molecule has 0 saturated heterocycles. The molecule has 0 aliphatic heterocycles. The Morgan fingerprint density at radius 3 is 2.57 bits per heavy atom. The number of hydrogen-bond acceptors (Lipinski definition) is 7. The SMILES string of the molecule is CCC(O)C(O)Cn1cc(-c2cc(C)cc(Nc3cc(C(F)(F)F)ccn3)n2)nn1. The number of aliphatic hydroxyl groups excluding tert-OH is 2. The molecule has 0 radical (unpaired) electrons. The first-order valence-corrected chi connectivity index (χ1v) is 9.21. The minimum Gasteiger partial charge on any atom is -0.390 e. The summed E-state index contributed by atoms with van der Waals surface area (Å²) in [5.74, 6) is 0.307. The van der Waals surface area contributed by atoms with Gasteiger partial charge in [0, 0.05) is 6.20 Å². The van der Waals surface area contributed by atoms with Crippen molar-refractivity contribution < 1.29 is 23.4 Å². The normalized spacial score (nSPS) is 13.8. The Labute approximate surface area is 170 Å². The summed E-state index contributed by atoms with van der Waals surface area (Å²) in [5, 5.41) is 30.4. The maximum atomic E-state index is 12.9. The Kier molecular flexibility index (Phi) is 6.32. The van der Waals surface area contributed by atoms with Crippen LogP contribution in [0.4, 0.5) is 24.8 Å². The van der Waals surface area contributed by atoms with Gasteiger partial charge in [0.25, 0.3) is 0 Å². The van der Waals surface area contributed by atoms with Crippen LogP contribution in [0.15, 0.2) is 36.7 Å². The van der Waals surface area contributed by atoms with Crippen molar-refractivity contribution in [2.75, 3.05) is 5.32 Å². The second-order valence-electron chi connectivity index (χ2n) is 6.84. The highest BCUT2D eigenvalue weighted by atomic mass is 19.4. The molecule has 11 heteroatoms. The third-order valence-electron chi connectivity index (χ3n) is 4.35. The van der Waals surface area contributed by atoms with Crippen molar-refractivity contribution in [3.8, 4) is 11.4 Å². The highest BCUT2D eigenvalue weighted by Crippen LogP contribution is 2.30. The number of nitrogens with zero attached hydrogens (tertiary/aromatic N) is 5. The van der Waals surface area contributed by atoms with E-state index >= 15 is 0 Å². The van der Waals surface area contributed by atoms with Gasteiger partial charge in [-0.2, -0.15) is 13.2 Å². The molecule has 0 aromatic carbocycles. The Bertz CT molecular complexity index is 1010. The molecule has 160 valence electrons. The largest absolute Gasteiger partial charge is 0.416 e. The number of halogens is 3. The van der Waals surface area contributed by atoms with E-state index in [0.717, 1.165) is 23.9 Å². The predicted molar refractivity (Wildman–Crippen MR) is 103 cm³/mol. The fourth-order valence-electron chi connectivity index (χ4n) is 2.76. The van der Waals surface area contributed by atoms with Crippen molar-refractivity contribution in [1.29, 1.82) is 0 Å². The van der Waals surface area contributed by atoms with Crippen LogP contribution in [-0.2, 0) is 12.7 Å². The molecule has 2 atom stereocenters. The van der Waals surface area contributed by atoms with E-state index in [0.29, 0.717) is 23.6 Å². The van der Waals surface area contributed by atoms with E-state index in [2.05, 4.69) is 25.6 Å². The summed E-state index contributed by atoms with van der Waals surface area (Å²) in [5.41, 5.74) is 0.840. The number of hydrogen-bond donors (Lipinski definition) is 3. The van der Waals surface area contributed by atoms with Gasteiger partial charge in [0.2, 0.25) is 0 Å². The highest BCUT2D eigenvalue weighted by molar-refractivity contribution is 5.61. The first kappa shape index (κ1) is 21.7. The lowest BCUT2D eigenvalue weighted by Crippen LogP contribution is -2.29. The van der Waals surface area contributed by atoms with Gasteiger partial charge in [-0.3, -0.25) is 0 Å². The lowest BCUT2D eigenvalue weighted by atomic mass is 10.1. The monoisotopic (exact) mass is 422 g/mol. The van der Waals surface area contributed by atoms with Crippen LogP contribution in [0.25, 0.3) is 11.4 Å². The standard InChI is InChI=1S/C19H21F3N6O2/c1-3-15(29)16(30)10-28-9-14(26-27-28)13-6-11(2)7-18(24-13)25-17-8-12(4-5-23-17)19(20,21)22/h4-9,15-16,29-30H,3,10H2,1-2H3,(H,23,24,25). The van der Waals surface area contributed by atoms with E-state index in [1.165, 1.54) is 4.68 Å². The van der Waals surface area contributed by atoms with E-state index in [1.807, 2.05) is 6.92 Å². The summed E-state index contributed by atoms with van der Waals surface area (Å²) < 4.78 is 40.1.